The Morgan fingerprint density at radius 3 is 2.35 bits per heavy atom. The topological polar surface area (TPSA) is 117 Å². The molecule has 0 aliphatic carbocycles. The van der Waals surface area contributed by atoms with Crippen LogP contribution in [-0.2, 0) is 17.7 Å². The molecule has 2 fully saturated rings. The molecule has 2 bridgehead atoms. The summed E-state index contributed by atoms with van der Waals surface area (Å²) in [4.78, 5) is 23.8. The van der Waals surface area contributed by atoms with Crippen LogP contribution in [-0.4, -0.2) is 69.0 Å². The number of rotatable bonds is 7. The Morgan fingerprint density at radius 2 is 1.75 bits per heavy atom. The number of urea groups is 1. The molecule has 2 saturated heterocycles. The molecule has 3 N–H and O–H groups in total. The van der Waals surface area contributed by atoms with Crippen molar-refractivity contribution in [1.29, 1.82) is 0 Å². The number of benzene rings is 2. The first-order valence-corrected chi connectivity index (χ1v) is 12.8. The first kappa shape index (κ1) is 26.0. The highest BCUT2D eigenvalue weighted by atomic mass is 19.4. The van der Waals surface area contributed by atoms with E-state index in [0.717, 1.165) is 16.7 Å². The maximum Gasteiger partial charge on any atom is 0.408 e. The molecular weight excluding hydrogens is 527 g/mol. The summed E-state index contributed by atoms with van der Waals surface area (Å²) in [6.07, 6.45) is -1.63. The quantitative estimate of drug-likeness (QED) is 0.314. The van der Waals surface area contributed by atoms with Gasteiger partial charge < -0.3 is 25.4 Å². The highest BCUT2D eigenvalue weighted by Gasteiger charge is 2.41. The van der Waals surface area contributed by atoms with Crippen molar-refractivity contribution in [2.75, 3.05) is 35.3 Å². The van der Waals surface area contributed by atoms with E-state index in [-0.39, 0.29) is 30.2 Å². The molecule has 4 aromatic rings. The van der Waals surface area contributed by atoms with E-state index in [1.807, 2.05) is 12.1 Å². The van der Waals surface area contributed by atoms with E-state index in [1.165, 1.54) is 6.20 Å². The van der Waals surface area contributed by atoms with Gasteiger partial charge in [0.25, 0.3) is 0 Å². The number of halogens is 3. The van der Waals surface area contributed by atoms with Gasteiger partial charge in [0.05, 0.1) is 30.3 Å². The van der Waals surface area contributed by atoms with Gasteiger partial charge in [-0.05, 0) is 54.8 Å². The molecule has 0 saturated carbocycles. The number of aliphatic hydroxyl groups is 1. The molecule has 2 atom stereocenters. The van der Waals surface area contributed by atoms with E-state index in [4.69, 9.17) is 14.8 Å². The minimum absolute atomic E-state index is 0.0505. The van der Waals surface area contributed by atoms with Crippen LogP contribution in [0.2, 0.25) is 0 Å². The fourth-order valence-electron chi connectivity index (χ4n) is 5.11. The van der Waals surface area contributed by atoms with E-state index in [0.29, 0.717) is 47.7 Å². The third-order valence-corrected chi connectivity index (χ3v) is 6.99. The molecule has 6 rings (SSSR count). The zero-order valence-electron chi connectivity index (χ0n) is 21.2. The molecular formula is C27H26F3N7O3. The average molecular weight is 554 g/mol. The summed E-state index contributed by atoms with van der Waals surface area (Å²) >= 11 is 0. The summed E-state index contributed by atoms with van der Waals surface area (Å²) in [6.45, 7) is -0.0707. The molecule has 0 radical (unpaired) electrons. The predicted molar refractivity (Wildman–Crippen MR) is 142 cm³/mol. The van der Waals surface area contributed by atoms with Crippen LogP contribution in [0.25, 0.3) is 22.4 Å². The van der Waals surface area contributed by atoms with Crippen molar-refractivity contribution >= 4 is 34.3 Å². The molecule has 0 unspecified atom stereocenters. The molecule has 13 heteroatoms. The summed E-state index contributed by atoms with van der Waals surface area (Å²) in [5.41, 5.74) is 2.75. The number of anilines is 3. The van der Waals surface area contributed by atoms with Crippen LogP contribution in [0.1, 0.15) is 12.0 Å². The monoisotopic (exact) mass is 553 g/mol. The number of hydrogen-bond donors (Lipinski definition) is 3. The Kier molecular flexibility index (Phi) is 6.76. The van der Waals surface area contributed by atoms with Crippen molar-refractivity contribution in [3.8, 4) is 11.4 Å². The van der Waals surface area contributed by atoms with Gasteiger partial charge in [0.15, 0.2) is 11.5 Å². The van der Waals surface area contributed by atoms with Crippen molar-refractivity contribution in [2.45, 2.75) is 37.7 Å². The van der Waals surface area contributed by atoms with E-state index in [9.17, 15) is 18.0 Å². The molecule has 2 aromatic heterocycles. The highest BCUT2D eigenvalue weighted by molar-refractivity contribution is 5.99. The minimum atomic E-state index is -4.46. The number of carbonyl (C=O) groups is 1. The number of aromatic nitrogens is 4. The SMILES string of the molecule is O=C(Nc1ccc(CCO)cc1)Nc1ccc(-c2nc(N3C[C@@H]4C[C@H]3CO4)c3cnn(CC(F)(F)F)c3n2)cc1. The number of alkyl halides is 3. The van der Waals surface area contributed by atoms with Gasteiger partial charge in [-0.3, -0.25) is 0 Å². The second-order valence-corrected chi connectivity index (χ2v) is 9.85. The molecule has 2 amide bonds. The molecule has 10 nitrogen and oxygen atoms in total. The number of carbonyl (C=O) groups excluding carboxylic acids is 1. The summed E-state index contributed by atoms with van der Waals surface area (Å²) in [7, 11) is 0. The van der Waals surface area contributed by atoms with Crippen molar-refractivity contribution in [2.24, 2.45) is 0 Å². The van der Waals surface area contributed by atoms with Gasteiger partial charge in [0.2, 0.25) is 0 Å². The van der Waals surface area contributed by atoms with Gasteiger partial charge in [-0.1, -0.05) is 12.1 Å². The summed E-state index contributed by atoms with van der Waals surface area (Å²) < 4.78 is 46.3. The Labute approximate surface area is 226 Å². The number of nitrogens with zero attached hydrogens (tertiary/aromatic N) is 5. The zero-order chi connectivity index (χ0) is 27.9. The predicted octanol–water partition coefficient (Wildman–Crippen LogP) is 4.21. The fourth-order valence-corrected chi connectivity index (χ4v) is 5.11. The lowest BCUT2D eigenvalue weighted by Crippen LogP contribution is -2.37. The van der Waals surface area contributed by atoms with Crippen molar-refractivity contribution in [3.05, 3.63) is 60.3 Å². The van der Waals surface area contributed by atoms with Gasteiger partial charge in [-0.2, -0.15) is 18.3 Å². The fraction of sp³-hybridized carbons (Fsp3) is 0.333. The maximum absolute atomic E-state index is 13.2. The molecule has 2 aliphatic rings. The van der Waals surface area contributed by atoms with E-state index < -0.39 is 18.8 Å². The normalized spacial score (nSPS) is 18.4. The molecule has 2 aliphatic heterocycles. The highest BCUT2D eigenvalue weighted by Crippen LogP contribution is 2.36. The Hall–Kier alpha value is -4.23. The number of nitrogens with one attached hydrogen (secondary N) is 2. The first-order chi connectivity index (χ1) is 19.3. The summed E-state index contributed by atoms with van der Waals surface area (Å²) in [5.74, 6) is 0.796. The minimum Gasteiger partial charge on any atom is -0.396 e. The van der Waals surface area contributed by atoms with E-state index >= 15 is 0 Å². The third-order valence-electron chi connectivity index (χ3n) is 6.99. The lowest BCUT2D eigenvalue weighted by Gasteiger charge is -2.28. The number of morpholine rings is 1. The number of fused-ring (bicyclic) bond motifs is 3. The van der Waals surface area contributed by atoms with Crippen LogP contribution in [0.15, 0.2) is 54.7 Å². The van der Waals surface area contributed by atoms with E-state index in [1.54, 1.807) is 36.4 Å². The lowest BCUT2D eigenvalue weighted by molar-refractivity contribution is -0.141. The first-order valence-electron chi connectivity index (χ1n) is 12.8. The van der Waals surface area contributed by atoms with Crippen molar-refractivity contribution in [1.82, 2.24) is 19.7 Å². The van der Waals surface area contributed by atoms with Crippen LogP contribution in [0.4, 0.5) is 35.2 Å². The number of aliphatic hydroxyl groups excluding tert-OH is 1. The lowest BCUT2D eigenvalue weighted by atomic mass is 10.1. The number of ether oxygens (including phenoxy) is 1. The molecule has 0 spiro atoms. The molecule has 40 heavy (non-hydrogen) atoms. The van der Waals surface area contributed by atoms with Crippen LogP contribution in [0.5, 0.6) is 0 Å². The second kappa shape index (κ2) is 10.4. The average Bonchev–Trinajstić information content (AvgIpc) is 3.66. The Morgan fingerprint density at radius 1 is 1.05 bits per heavy atom. The largest absolute Gasteiger partial charge is 0.408 e. The molecule has 208 valence electrons. The Bertz CT molecular complexity index is 1520. The van der Waals surface area contributed by atoms with Gasteiger partial charge in [-0.15, -0.1) is 0 Å². The van der Waals surface area contributed by atoms with Crippen molar-refractivity contribution < 1.29 is 27.8 Å². The van der Waals surface area contributed by atoms with Gasteiger partial charge >= 0.3 is 12.2 Å². The van der Waals surface area contributed by atoms with Crippen LogP contribution in [0.3, 0.4) is 0 Å². The number of hydrogen-bond acceptors (Lipinski definition) is 7. The zero-order valence-corrected chi connectivity index (χ0v) is 21.2. The van der Waals surface area contributed by atoms with Gasteiger partial charge in [0.1, 0.15) is 12.4 Å². The van der Waals surface area contributed by atoms with E-state index in [2.05, 4.69) is 25.6 Å². The van der Waals surface area contributed by atoms with Gasteiger partial charge in [-0.25, -0.2) is 19.4 Å². The summed E-state index contributed by atoms with van der Waals surface area (Å²) in [5, 5.41) is 19.0. The standard InChI is InChI=1S/C27H26F3N7O3/c28-27(29,30)15-37-25-22(12-31-37)24(36-13-21-11-20(36)14-40-21)34-23(35-25)17-3-7-19(8-4-17)33-26(39)32-18-5-1-16(2-6-18)9-10-38/h1-8,12,20-21,38H,9-11,13-15H2,(H2,32,33,39)/t20-,21-/m0/s1. The van der Waals surface area contributed by atoms with Crippen LogP contribution in [0, 0.1) is 0 Å². The smallest absolute Gasteiger partial charge is 0.396 e. The van der Waals surface area contributed by atoms with Gasteiger partial charge in [0, 0.05) is 30.1 Å². The van der Waals surface area contributed by atoms with Crippen molar-refractivity contribution in [3.63, 3.8) is 0 Å². The third kappa shape index (κ3) is 5.42. The maximum atomic E-state index is 13.2. The molecule has 2 aromatic carbocycles. The molecule has 4 heterocycles. The van der Waals surface area contributed by atoms with Crippen LogP contribution >= 0.6 is 0 Å². The second-order valence-electron chi connectivity index (χ2n) is 9.85. The Balaban J connectivity index is 1.24. The van der Waals surface area contributed by atoms with Crippen LogP contribution < -0.4 is 15.5 Å². The summed E-state index contributed by atoms with van der Waals surface area (Å²) in [6, 6.07) is 13.6. The number of amides is 2.